The third kappa shape index (κ3) is 2.98. The number of halogens is 3. The number of anilines is 1. The Bertz CT molecular complexity index is 611. The first-order valence-corrected chi connectivity index (χ1v) is 8.16. The molecule has 2 aromatic rings. The van der Waals surface area contributed by atoms with Crippen molar-refractivity contribution in [2.75, 3.05) is 5.32 Å². The van der Waals surface area contributed by atoms with Crippen molar-refractivity contribution in [1.82, 2.24) is 0 Å². The number of nitrogens with one attached hydrogen (secondary N) is 1. The largest absolute Gasteiger partial charge is 0.377 e. The molecule has 1 aliphatic rings. The number of benzene rings is 2. The lowest BCUT2D eigenvalue weighted by atomic mass is 10.0. The highest BCUT2D eigenvalue weighted by Gasteiger charge is 2.32. The monoisotopic (exact) mass is 369 g/mol. The fourth-order valence-corrected chi connectivity index (χ4v) is 3.20. The molecular weight excluding hydrogens is 357 g/mol. The van der Waals surface area contributed by atoms with Gasteiger partial charge in [-0.3, -0.25) is 0 Å². The van der Waals surface area contributed by atoms with Gasteiger partial charge in [-0.1, -0.05) is 53.5 Å². The first kappa shape index (κ1) is 14.2. The molecule has 20 heavy (non-hydrogen) atoms. The second-order valence-corrected chi connectivity index (χ2v) is 6.70. The summed E-state index contributed by atoms with van der Waals surface area (Å²) in [5.74, 6) is 0.677. The van der Waals surface area contributed by atoms with E-state index in [1.54, 1.807) is 0 Å². The van der Waals surface area contributed by atoms with Crippen LogP contribution in [0.15, 0.2) is 46.9 Å². The molecule has 0 aromatic heterocycles. The Kier molecular flexibility index (Phi) is 4.25. The molecule has 0 radical (unpaired) electrons. The van der Waals surface area contributed by atoms with Crippen molar-refractivity contribution in [3.63, 3.8) is 0 Å². The van der Waals surface area contributed by atoms with E-state index in [-0.39, 0.29) is 0 Å². The van der Waals surface area contributed by atoms with Gasteiger partial charge in [0.25, 0.3) is 0 Å². The Hall–Kier alpha value is -0.700. The van der Waals surface area contributed by atoms with Crippen molar-refractivity contribution in [2.45, 2.75) is 18.9 Å². The van der Waals surface area contributed by atoms with E-state index in [4.69, 9.17) is 23.2 Å². The molecular formula is C16H14BrCl2N. The van der Waals surface area contributed by atoms with Crippen LogP contribution in [0.2, 0.25) is 10.0 Å². The van der Waals surface area contributed by atoms with Crippen molar-refractivity contribution in [3.8, 4) is 0 Å². The molecule has 0 spiro atoms. The first-order chi connectivity index (χ1) is 9.66. The SMILES string of the molecule is Clc1c(Br)ccc(NC(c2ccccc2)C2CC2)c1Cl. The second-order valence-electron chi connectivity index (χ2n) is 5.09. The van der Waals surface area contributed by atoms with Gasteiger partial charge in [0.05, 0.1) is 21.8 Å². The van der Waals surface area contributed by atoms with E-state index in [0.717, 1.165) is 10.2 Å². The maximum atomic E-state index is 6.33. The molecule has 4 heteroatoms. The molecule has 0 aliphatic heterocycles. The lowest BCUT2D eigenvalue weighted by molar-refractivity contribution is 0.679. The van der Waals surface area contributed by atoms with Crippen LogP contribution in [0, 0.1) is 5.92 Å². The fourth-order valence-electron chi connectivity index (χ4n) is 2.37. The predicted molar refractivity (Wildman–Crippen MR) is 89.7 cm³/mol. The third-order valence-electron chi connectivity index (χ3n) is 3.60. The van der Waals surface area contributed by atoms with Crippen LogP contribution in [-0.2, 0) is 0 Å². The molecule has 0 bridgehead atoms. The Labute approximate surface area is 137 Å². The summed E-state index contributed by atoms with van der Waals surface area (Å²) < 4.78 is 0.817. The molecule has 104 valence electrons. The molecule has 1 saturated carbocycles. The Morgan fingerprint density at radius 1 is 1.00 bits per heavy atom. The van der Waals surface area contributed by atoms with Crippen molar-refractivity contribution < 1.29 is 0 Å². The molecule has 0 heterocycles. The first-order valence-electron chi connectivity index (χ1n) is 6.62. The minimum atomic E-state index is 0.297. The smallest absolute Gasteiger partial charge is 0.0835 e. The molecule has 1 nitrogen and oxygen atoms in total. The van der Waals surface area contributed by atoms with Gasteiger partial charge in [-0.25, -0.2) is 0 Å². The van der Waals surface area contributed by atoms with E-state index in [0.29, 0.717) is 22.0 Å². The minimum absolute atomic E-state index is 0.297. The van der Waals surface area contributed by atoms with Crippen molar-refractivity contribution in [3.05, 3.63) is 62.5 Å². The zero-order valence-electron chi connectivity index (χ0n) is 10.7. The van der Waals surface area contributed by atoms with Crippen molar-refractivity contribution in [1.29, 1.82) is 0 Å². The zero-order valence-corrected chi connectivity index (χ0v) is 13.8. The van der Waals surface area contributed by atoms with Gasteiger partial charge in [0.15, 0.2) is 0 Å². The molecule has 0 amide bonds. The minimum Gasteiger partial charge on any atom is -0.377 e. The number of rotatable bonds is 4. The van der Waals surface area contributed by atoms with Crippen LogP contribution >= 0.6 is 39.1 Å². The van der Waals surface area contributed by atoms with Gasteiger partial charge in [-0.05, 0) is 52.4 Å². The average Bonchev–Trinajstić information content (AvgIpc) is 3.30. The lowest BCUT2D eigenvalue weighted by Gasteiger charge is -2.21. The molecule has 1 N–H and O–H groups in total. The lowest BCUT2D eigenvalue weighted by Crippen LogP contribution is -2.13. The Morgan fingerprint density at radius 2 is 1.70 bits per heavy atom. The summed E-state index contributed by atoms with van der Waals surface area (Å²) in [4.78, 5) is 0. The van der Waals surface area contributed by atoms with E-state index in [1.807, 2.05) is 18.2 Å². The van der Waals surface area contributed by atoms with Crippen LogP contribution in [-0.4, -0.2) is 0 Å². The van der Waals surface area contributed by atoms with Crippen LogP contribution in [0.25, 0.3) is 0 Å². The molecule has 2 aromatic carbocycles. The fraction of sp³-hybridized carbons (Fsp3) is 0.250. The summed E-state index contributed by atoms with van der Waals surface area (Å²) >= 11 is 15.9. The molecule has 1 unspecified atom stereocenters. The molecule has 1 fully saturated rings. The summed E-state index contributed by atoms with van der Waals surface area (Å²) in [6, 6.07) is 14.7. The summed E-state index contributed by atoms with van der Waals surface area (Å²) in [5.41, 5.74) is 2.19. The van der Waals surface area contributed by atoms with Crippen molar-refractivity contribution in [2.24, 2.45) is 5.92 Å². The second kappa shape index (κ2) is 5.97. The number of hydrogen-bond donors (Lipinski definition) is 1. The molecule has 3 rings (SSSR count). The summed E-state index contributed by atoms with van der Waals surface area (Å²) in [7, 11) is 0. The maximum Gasteiger partial charge on any atom is 0.0835 e. The van der Waals surface area contributed by atoms with Crippen molar-refractivity contribution >= 4 is 44.8 Å². The van der Waals surface area contributed by atoms with E-state index < -0.39 is 0 Å². The molecule has 1 atom stereocenters. The van der Waals surface area contributed by atoms with Crippen LogP contribution in [0.1, 0.15) is 24.4 Å². The number of hydrogen-bond acceptors (Lipinski definition) is 1. The third-order valence-corrected chi connectivity index (χ3v) is 5.37. The highest BCUT2D eigenvalue weighted by atomic mass is 79.9. The average molecular weight is 371 g/mol. The van der Waals surface area contributed by atoms with E-state index in [2.05, 4.69) is 45.5 Å². The Morgan fingerprint density at radius 3 is 2.35 bits per heavy atom. The summed E-state index contributed by atoms with van der Waals surface area (Å²) in [6.45, 7) is 0. The molecule has 1 aliphatic carbocycles. The van der Waals surface area contributed by atoms with Crippen LogP contribution in [0.3, 0.4) is 0 Å². The summed E-state index contributed by atoms with van der Waals surface area (Å²) in [5, 5.41) is 4.68. The Balaban J connectivity index is 1.90. The van der Waals surface area contributed by atoms with Gasteiger partial charge >= 0.3 is 0 Å². The molecule has 0 saturated heterocycles. The van der Waals surface area contributed by atoms with E-state index in [1.165, 1.54) is 18.4 Å². The van der Waals surface area contributed by atoms with Gasteiger partial charge in [0.2, 0.25) is 0 Å². The van der Waals surface area contributed by atoms with Gasteiger partial charge in [0.1, 0.15) is 0 Å². The van der Waals surface area contributed by atoms with Gasteiger partial charge in [0, 0.05) is 4.47 Å². The quantitative estimate of drug-likeness (QED) is 0.621. The standard InChI is InChI=1S/C16H14BrCl2N/c17-12-8-9-13(15(19)14(12)18)20-16(11-6-7-11)10-4-2-1-3-5-10/h1-5,8-9,11,16,20H,6-7H2. The van der Waals surface area contributed by atoms with Gasteiger partial charge in [-0.15, -0.1) is 0 Å². The van der Waals surface area contributed by atoms with Gasteiger partial charge in [-0.2, -0.15) is 0 Å². The predicted octanol–water partition coefficient (Wildman–Crippen LogP) is 6.32. The van der Waals surface area contributed by atoms with Gasteiger partial charge < -0.3 is 5.32 Å². The topological polar surface area (TPSA) is 12.0 Å². The summed E-state index contributed by atoms with van der Waals surface area (Å²) in [6.07, 6.45) is 2.52. The highest BCUT2D eigenvalue weighted by molar-refractivity contribution is 9.10. The zero-order chi connectivity index (χ0) is 14.1. The van der Waals surface area contributed by atoms with Crippen LogP contribution in [0.5, 0.6) is 0 Å². The van der Waals surface area contributed by atoms with E-state index >= 15 is 0 Å². The maximum absolute atomic E-state index is 6.33. The van der Waals surface area contributed by atoms with Crippen LogP contribution in [0.4, 0.5) is 5.69 Å². The normalized spacial score (nSPS) is 15.9. The van der Waals surface area contributed by atoms with Crippen LogP contribution < -0.4 is 5.32 Å². The van der Waals surface area contributed by atoms with E-state index in [9.17, 15) is 0 Å². The highest BCUT2D eigenvalue weighted by Crippen LogP contribution is 2.45.